The molecule has 0 unspecified atom stereocenters. The number of aryl methyl sites for hydroxylation is 1. The van der Waals surface area contributed by atoms with Crippen LogP contribution < -0.4 is 0 Å². The summed E-state index contributed by atoms with van der Waals surface area (Å²) in [7, 11) is 0. The monoisotopic (exact) mass is 361 g/mol. The summed E-state index contributed by atoms with van der Waals surface area (Å²) >= 11 is 0. The molecule has 1 aromatic heterocycles. The first kappa shape index (κ1) is 17.5. The molecule has 1 saturated heterocycles. The second kappa shape index (κ2) is 7.00. The maximum atomic E-state index is 12.9. The van der Waals surface area contributed by atoms with E-state index in [0.29, 0.717) is 25.1 Å². The Morgan fingerprint density at radius 2 is 1.93 bits per heavy atom. The lowest BCUT2D eigenvalue weighted by atomic mass is 9.93. The number of carbonyl (C=O) groups excluding carboxylic acids is 1. The van der Waals surface area contributed by atoms with E-state index in [1.807, 2.05) is 60.8 Å². The van der Waals surface area contributed by atoms with Gasteiger partial charge in [0, 0.05) is 23.4 Å². The van der Waals surface area contributed by atoms with Crippen molar-refractivity contribution in [3.63, 3.8) is 0 Å². The van der Waals surface area contributed by atoms with Crippen molar-refractivity contribution in [1.82, 2.24) is 15.1 Å². The van der Waals surface area contributed by atoms with Crippen LogP contribution in [0, 0.1) is 0 Å². The molecule has 2 N–H and O–H groups in total. The van der Waals surface area contributed by atoms with Crippen molar-refractivity contribution < 1.29 is 9.90 Å². The third-order valence-corrected chi connectivity index (χ3v) is 5.36. The van der Waals surface area contributed by atoms with E-state index < -0.39 is 5.60 Å². The Kier molecular flexibility index (Phi) is 4.54. The van der Waals surface area contributed by atoms with Crippen LogP contribution in [0.1, 0.15) is 35.0 Å². The number of likely N-dealkylation sites (tertiary alicyclic amines) is 1. The van der Waals surface area contributed by atoms with Crippen molar-refractivity contribution >= 4 is 5.91 Å². The molecule has 0 saturated carbocycles. The highest BCUT2D eigenvalue weighted by molar-refractivity contribution is 5.95. The second-order valence-electron chi connectivity index (χ2n) is 7.07. The van der Waals surface area contributed by atoms with E-state index in [2.05, 4.69) is 17.1 Å². The lowest BCUT2D eigenvalue weighted by molar-refractivity contribution is 0.0417. The molecular weight excluding hydrogens is 338 g/mol. The summed E-state index contributed by atoms with van der Waals surface area (Å²) in [6.45, 7) is 2.95. The molecule has 5 nitrogen and oxygen atoms in total. The van der Waals surface area contributed by atoms with Gasteiger partial charge in [-0.2, -0.15) is 5.10 Å². The third-order valence-electron chi connectivity index (χ3n) is 5.36. The molecule has 2 aromatic carbocycles. The zero-order chi connectivity index (χ0) is 18.9. The van der Waals surface area contributed by atoms with Crippen LogP contribution in [-0.2, 0) is 12.0 Å². The van der Waals surface area contributed by atoms with E-state index in [9.17, 15) is 9.90 Å². The van der Waals surface area contributed by atoms with E-state index in [1.54, 1.807) is 4.90 Å². The molecule has 4 rings (SSSR count). The van der Waals surface area contributed by atoms with E-state index in [-0.39, 0.29) is 5.91 Å². The number of rotatable bonds is 4. The number of β-amino-alcohol motifs (C(OH)–C–C–N with tert-alkyl or cyclic N) is 1. The van der Waals surface area contributed by atoms with E-state index in [1.165, 1.54) is 0 Å². The van der Waals surface area contributed by atoms with Gasteiger partial charge in [0.05, 0.1) is 12.7 Å². The molecule has 0 spiro atoms. The smallest absolute Gasteiger partial charge is 0.253 e. The summed E-state index contributed by atoms with van der Waals surface area (Å²) in [5, 5.41) is 18.1. The van der Waals surface area contributed by atoms with E-state index in [4.69, 9.17) is 0 Å². The van der Waals surface area contributed by atoms with E-state index >= 15 is 0 Å². The summed E-state index contributed by atoms with van der Waals surface area (Å²) in [5.74, 6) is -0.0451. The Hall–Kier alpha value is -2.92. The number of aromatic amines is 1. The van der Waals surface area contributed by atoms with Gasteiger partial charge < -0.3 is 10.0 Å². The van der Waals surface area contributed by atoms with Crippen molar-refractivity contribution in [3.8, 4) is 11.1 Å². The predicted octanol–water partition coefficient (Wildman–Crippen LogP) is 3.37. The van der Waals surface area contributed by atoms with Crippen LogP contribution in [0.2, 0.25) is 0 Å². The SMILES string of the molecule is CCc1[nH]ncc1-c1ccc(C(=O)N2CC[C@](O)(c3ccccc3)C2)cc1. The highest BCUT2D eigenvalue weighted by Gasteiger charge is 2.39. The molecular formula is C22H23N3O2. The van der Waals surface area contributed by atoms with Crippen molar-refractivity contribution in [2.45, 2.75) is 25.4 Å². The number of benzene rings is 2. The van der Waals surface area contributed by atoms with E-state index in [0.717, 1.165) is 28.8 Å². The summed E-state index contributed by atoms with van der Waals surface area (Å²) in [5.41, 5.74) is 3.72. The van der Waals surface area contributed by atoms with Gasteiger partial charge >= 0.3 is 0 Å². The minimum absolute atomic E-state index is 0.0451. The lowest BCUT2D eigenvalue weighted by Gasteiger charge is -2.24. The molecule has 1 amide bonds. The largest absolute Gasteiger partial charge is 0.383 e. The highest BCUT2D eigenvalue weighted by Crippen LogP contribution is 2.32. The van der Waals surface area contributed by atoms with Gasteiger partial charge in [0.2, 0.25) is 0 Å². The Bertz CT molecular complexity index is 934. The Labute approximate surface area is 158 Å². The van der Waals surface area contributed by atoms with Crippen molar-refractivity contribution in [3.05, 3.63) is 77.6 Å². The molecule has 27 heavy (non-hydrogen) atoms. The molecule has 0 aliphatic carbocycles. The first-order valence-electron chi connectivity index (χ1n) is 9.30. The van der Waals surface area contributed by atoms with Gasteiger partial charge in [-0.05, 0) is 36.1 Å². The standard InChI is InChI=1S/C22H23N3O2/c1-2-20-19(14-23-24-20)16-8-10-17(11-9-16)21(26)25-13-12-22(27,15-25)18-6-4-3-5-7-18/h3-11,14,27H,2,12-13,15H2,1H3,(H,23,24)/t22-/m1/s1. The minimum Gasteiger partial charge on any atom is -0.383 e. The number of nitrogens with one attached hydrogen (secondary N) is 1. The number of nitrogens with zero attached hydrogens (tertiary/aromatic N) is 2. The summed E-state index contributed by atoms with van der Waals surface area (Å²) in [6, 6.07) is 17.2. The Morgan fingerprint density at radius 1 is 1.19 bits per heavy atom. The number of amides is 1. The summed E-state index contributed by atoms with van der Waals surface area (Å²) in [4.78, 5) is 14.6. The molecule has 1 atom stereocenters. The van der Waals surface area contributed by atoms with Crippen molar-refractivity contribution in [2.24, 2.45) is 0 Å². The average molecular weight is 361 g/mol. The zero-order valence-electron chi connectivity index (χ0n) is 15.4. The first-order chi connectivity index (χ1) is 13.1. The predicted molar refractivity (Wildman–Crippen MR) is 104 cm³/mol. The van der Waals surface area contributed by atoms with Gasteiger partial charge in [0.15, 0.2) is 0 Å². The van der Waals surface area contributed by atoms with Crippen molar-refractivity contribution in [1.29, 1.82) is 0 Å². The molecule has 2 heterocycles. The normalized spacial score (nSPS) is 19.4. The van der Waals surface area contributed by atoms with Crippen LogP contribution in [0.5, 0.6) is 0 Å². The van der Waals surface area contributed by atoms with Gasteiger partial charge in [-0.15, -0.1) is 0 Å². The highest BCUT2D eigenvalue weighted by atomic mass is 16.3. The number of aromatic nitrogens is 2. The third kappa shape index (κ3) is 3.26. The fourth-order valence-electron chi connectivity index (χ4n) is 3.76. The van der Waals surface area contributed by atoms with Crippen LogP contribution in [0.25, 0.3) is 11.1 Å². The fourth-order valence-corrected chi connectivity index (χ4v) is 3.76. The molecule has 138 valence electrons. The lowest BCUT2D eigenvalue weighted by Crippen LogP contribution is -2.34. The number of hydrogen-bond donors (Lipinski definition) is 2. The molecule has 5 heteroatoms. The molecule has 1 aliphatic rings. The van der Waals surface area contributed by atoms with Crippen LogP contribution in [0.3, 0.4) is 0 Å². The maximum Gasteiger partial charge on any atom is 0.253 e. The summed E-state index contributed by atoms with van der Waals surface area (Å²) in [6.07, 6.45) is 3.24. The molecule has 3 aromatic rings. The van der Waals surface area contributed by atoms with Gasteiger partial charge in [-0.25, -0.2) is 0 Å². The van der Waals surface area contributed by atoms with Crippen LogP contribution >= 0.6 is 0 Å². The topological polar surface area (TPSA) is 69.2 Å². The minimum atomic E-state index is -0.969. The maximum absolute atomic E-state index is 12.9. The number of hydrogen-bond acceptors (Lipinski definition) is 3. The average Bonchev–Trinajstić information content (AvgIpc) is 3.36. The number of carbonyl (C=O) groups is 1. The number of aliphatic hydroxyl groups is 1. The number of H-pyrrole nitrogens is 1. The molecule has 0 bridgehead atoms. The summed E-state index contributed by atoms with van der Waals surface area (Å²) < 4.78 is 0. The van der Waals surface area contributed by atoms with Gasteiger partial charge in [-0.3, -0.25) is 9.89 Å². The van der Waals surface area contributed by atoms with Crippen LogP contribution in [-0.4, -0.2) is 39.2 Å². The quantitative estimate of drug-likeness (QED) is 0.748. The fraction of sp³-hybridized carbons (Fsp3) is 0.273. The zero-order valence-corrected chi connectivity index (χ0v) is 15.4. The Balaban J connectivity index is 1.51. The molecule has 0 radical (unpaired) electrons. The first-order valence-corrected chi connectivity index (χ1v) is 9.30. The second-order valence-corrected chi connectivity index (χ2v) is 7.07. The van der Waals surface area contributed by atoms with Gasteiger partial charge in [0.1, 0.15) is 5.60 Å². The van der Waals surface area contributed by atoms with Gasteiger partial charge in [-0.1, -0.05) is 49.4 Å². The Morgan fingerprint density at radius 3 is 2.63 bits per heavy atom. The molecule has 1 aliphatic heterocycles. The molecule has 1 fully saturated rings. The van der Waals surface area contributed by atoms with Crippen LogP contribution in [0.15, 0.2) is 60.8 Å². The van der Waals surface area contributed by atoms with Gasteiger partial charge in [0.25, 0.3) is 5.91 Å². The van der Waals surface area contributed by atoms with Crippen LogP contribution in [0.4, 0.5) is 0 Å². The van der Waals surface area contributed by atoms with Crippen molar-refractivity contribution in [2.75, 3.05) is 13.1 Å².